The van der Waals surface area contributed by atoms with E-state index in [1.807, 2.05) is 0 Å². The quantitative estimate of drug-likeness (QED) is 0.281. The van der Waals surface area contributed by atoms with Crippen LogP contribution in [0.4, 0.5) is 24.5 Å². The first-order valence-corrected chi connectivity index (χ1v) is 12.8. The molecule has 0 atom stereocenters. The zero-order chi connectivity index (χ0) is 26.1. The zero-order valence-electron chi connectivity index (χ0n) is 19.4. The third kappa shape index (κ3) is 5.45. The molecule has 190 valence electrons. The third-order valence-corrected chi connectivity index (χ3v) is 7.41. The van der Waals surface area contributed by atoms with E-state index in [4.69, 9.17) is 16.3 Å². The molecule has 1 aromatic heterocycles. The molecule has 6 nitrogen and oxygen atoms in total. The van der Waals surface area contributed by atoms with Crippen molar-refractivity contribution >= 4 is 43.9 Å². The van der Waals surface area contributed by atoms with Crippen LogP contribution in [0.5, 0.6) is 5.75 Å². The number of nitrogens with zero attached hydrogens (tertiary/aromatic N) is 1. The van der Waals surface area contributed by atoms with E-state index in [0.717, 1.165) is 11.6 Å². The van der Waals surface area contributed by atoms with Crippen LogP contribution in [-0.4, -0.2) is 26.5 Å². The van der Waals surface area contributed by atoms with E-state index in [2.05, 4.69) is 10.6 Å². The number of halogens is 4. The number of benzene rings is 3. The number of anilines is 2. The lowest BCUT2D eigenvalue weighted by molar-refractivity contribution is -0.136. The third-order valence-electron chi connectivity index (χ3n) is 5.57. The lowest BCUT2D eigenvalue weighted by Crippen LogP contribution is -2.14. The maximum Gasteiger partial charge on any atom is 0.418 e. The number of hydrogen-bond donors (Lipinski definition) is 2. The molecule has 0 unspecified atom stereocenters. The van der Waals surface area contributed by atoms with Gasteiger partial charge < -0.3 is 15.4 Å². The second kappa shape index (κ2) is 10.0. The molecule has 36 heavy (non-hydrogen) atoms. The second-order valence-corrected chi connectivity index (χ2v) is 10.4. The van der Waals surface area contributed by atoms with Crippen LogP contribution in [0.2, 0.25) is 5.02 Å². The highest BCUT2D eigenvalue weighted by Gasteiger charge is 2.34. The summed E-state index contributed by atoms with van der Waals surface area (Å²) in [4.78, 5) is 0. The number of ether oxygens (including phenoxy) is 1. The van der Waals surface area contributed by atoms with E-state index in [0.29, 0.717) is 34.4 Å². The van der Waals surface area contributed by atoms with Gasteiger partial charge in [-0.25, -0.2) is 12.4 Å². The molecule has 3 aromatic carbocycles. The van der Waals surface area contributed by atoms with Gasteiger partial charge in [0.1, 0.15) is 5.75 Å². The van der Waals surface area contributed by atoms with Crippen LogP contribution >= 0.6 is 11.6 Å². The summed E-state index contributed by atoms with van der Waals surface area (Å²) in [6, 6.07) is 15.0. The summed E-state index contributed by atoms with van der Waals surface area (Å²) in [5, 5.41) is 6.40. The number of rotatable bonds is 8. The first kappa shape index (κ1) is 25.9. The molecule has 11 heteroatoms. The molecule has 2 N–H and O–H groups in total. The number of nitrogens with one attached hydrogen (secondary N) is 2. The van der Waals surface area contributed by atoms with E-state index in [1.165, 1.54) is 35.5 Å². The van der Waals surface area contributed by atoms with Gasteiger partial charge in [-0.1, -0.05) is 29.8 Å². The first-order valence-electron chi connectivity index (χ1n) is 10.8. The second-order valence-electron chi connectivity index (χ2n) is 8.13. The van der Waals surface area contributed by atoms with E-state index in [-0.39, 0.29) is 16.5 Å². The average Bonchev–Trinajstić information content (AvgIpc) is 3.18. The molecule has 4 rings (SSSR count). The summed E-state index contributed by atoms with van der Waals surface area (Å²) in [6.45, 7) is 0.403. The smallest absolute Gasteiger partial charge is 0.418 e. The minimum absolute atomic E-state index is 0.0439. The van der Waals surface area contributed by atoms with Crippen molar-refractivity contribution in [2.45, 2.75) is 18.5 Å². The first-order chi connectivity index (χ1) is 17.0. The van der Waals surface area contributed by atoms with Gasteiger partial charge in [0, 0.05) is 28.8 Å². The number of aromatic nitrogens is 1. The Kier molecular flexibility index (Phi) is 7.21. The molecule has 1 heterocycles. The molecular weight excluding hydrogens is 515 g/mol. The average molecular weight is 538 g/mol. The summed E-state index contributed by atoms with van der Waals surface area (Å²) < 4.78 is 73.9. The van der Waals surface area contributed by atoms with Gasteiger partial charge in [0.15, 0.2) is 0 Å². The van der Waals surface area contributed by atoms with Crippen LogP contribution in [0.3, 0.4) is 0 Å². The van der Waals surface area contributed by atoms with Gasteiger partial charge in [-0.2, -0.15) is 13.2 Å². The normalized spacial score (nSPS) is 12.2. The Balaban J connectivity index is 1.78. The Morgan fingerprint density at radius 1 is 1.06 bits per heavy atom. The summed E-state index contributed by atoms with van der Waals surface area (Å²) in [7, 11) is -0.645. The van der Waals surface area contributed by atoms with Crippen molar-refractivity contribution in [1.29, 1.82) is 0 Å². The van der Waals surface area contributed by atoms with Crippen LogP contribution in [0.1, 0.15) is 16.7 Å². The molecule has 0 aliphatic rings. The van der Waals surface area contributed by atoms with E-state index in [9.17, 15) is 21.6 Å². The molecule has 0 bridgehead atoms. The van der Waals surface area contributed by atoms with E-state index >= 15 is 0 Å². The molecular formula is C25H23ClF3N3O3S. The van der Waals surface area contributed by atoms with Gasteiger partial charge in [-0.05, 0) is 60.6 Å². The monoisotopic (exact) mass is 537 g/mol. The Bertz CT molecular complexity index is 1520. The minimum atomic E-state index is -4.63. The molecule has 0 spiro atoms. The van der Waals surface area contributed by atoms with Crippen molar-refractivity contribution < 1.29 is 26.3 Å². The minimum Gasteiger partial charge on any atom is -0.497 e. The lowest BCUT2D eigenvalue weighted by atomic mass is 10.1. The molecule has 0 fully saturated rings. The molecule has 0 saturated carbocycles. The topological polar surface area (TPSA) is 72.4 Å². The van der Waals surface area contributed by atoms with Crippen LogP contribution in [0.25, 0.3) is 10.9 Å². The van der Waals surface area contributed by atoms with Crippen molar-refractivity contribution in [3.8, 4) is 5.75 Å². The van der Waals surface area contributed by atoms with Gasteiger partial charge in [-0.15, -0.1) is 0 Å². The number of hydrogen-bond acceptors (Lipinski definition) is 5. The van der Waals surface area contributed by atoms with Gasteiger partial charge >= 0.3 is 6.18 Å². The van der Waals surface area contributed by atoms with Gasteiger partial charge in [-0.3, -0.25) is 0 Å². The predicted octanol–water partition coefficient (Wildman–Crippen LogP) is 6.16. The molecule has 0 aliphatic carbocycles. The van der Waals surface area contributed by atoms with E-state index in [1.54, 1.807) is 43.4 Å². The summed E-state index contributed by atoms with van der Waals surface area (Å²) >= 11 is 5.78. The SMILES string of the molecule is CNCc1cn(S(=O)(=O)Cc2cccc(OC)c2)c2cc(Nc3ccc(Cl)cc3C(F)(F)F)ccc12. The highest BCUT2D eigenvalue weighted by atomic mass is 35.5. The van der Waals surface area contributed by atoms with Crippen molar-refractivity contribution in [3.63, 3.8) is 0 Å². The Morgan fingerprint density at radius 3 is 2.53 bits per heavy atom. The van der Waals surface area contributed by atoms with Crippen LogP contribution < -0.4 is 15.4 Å². The van der Waals surface area contributed by atoms with Crippen LogP contribution in [-0.2, 0) is 28.5 Å². The van der Waals surface area contributed by atoms with Crippen LogP contribution in [0.15, 0.2) is 66.9 Å². The van der Waals surface area contributed by atoms with Crippen molar-refractivity contribution in [2.75, 3.05) is 19.5 Å². The van der Waals surface area contributed by atoms with E-state index < -0.39 is 21.8 Å². The number of methoxy groups -OCH3 is 1. The Hall–Kier alpha value is -3.21. The fourth-order valence-electron chi connectivity index (χ4n) is 3.96. The van der Waals surface area contributed by atoms with Gasteiger partial charge in [0.05, 0.1) is 29.6 Å². The largest absolute Gasteiger partial charge is 0.497 e. The molecule has 0 amide bonds. The van der Waals surface area contributed by atoms with Crippen molar-refractivity contribution in [3.05, 3.63) is 88.6 Å². The maximum absolute atomic E-state index is 13.6. The lowest BCUT2D eigenvalue weighted by Gasteiger charge is -2.15. The fourth-order valence-corrected chi connectivity index (χ4v) is 5.61. The highest BCUT2D eigenvalue weighted by molar-refractivity contribution is 7.89. The summed E-state index contributed by atoms with van der Waals surface area (Å²) in [5.74, 6) is 0.242. The molecule has 0 aliphatic heterocycles. The fraction of sp³-hybridized carbons (Fsp3) is 0.200. The Morgan fingerprint density at radius 2 is 1.83 bits per heavy atom. The van der Waals surface area contributed by atoms with Gasteiger partial charge in [0.25, 0.3) is 0 Å². The maximum atomic E-state index is 13.6. The number of fused-ring (bicyclic) bond motifs is 1. The summed E-state index contributed by atoms with van der Waals surface area (Å²) in [5.41, 5.74) is 0.788. The van der Waals surface area contributed by atoms with Crippen molar-refractivity contribution in [1.82, 2.24) is 9.29 Å². The van der Waals surface area contributed by atoms with Crippen LogP contribution in [0, 0.1) is 0 Å². The predicted molar refractivity (Wildman–Crippen MR) is 135 cm³/mol. The van der Waals surface area contributed by atoms with Gasteiger partial charge in [0.2, 0.25) is 10.0 Å². The number of alkyl halides is 3. The summed E-state index contributed by atoms with van der Waals surface area (Å²) in [6.07, 6.45) is -3.10. The molecule has 0 saturated heterocycles. The molecule has 0 radical (unpaired) electrons. The Labute approximate surface area is 211 Å². The highest BCUT2D eigenvalue weighted by Crippen LogP contribution is 2.38. The zero-order valence-corrected chi connectivity index (χ0v) is 20.9. The van der Waals surface area contributed by atoms with Crippen molar-refractivity contribution in [2.24, 2.45) is 0 Å². The molecule has 4 aromatic rings. The standard InChI is InChI=1S/C25H23ClF3N3O3S/c1-30-13-17-14-32(36(33,34)15-16-4-3-5-20(10-16)35-2)24-12-19(7-8-21(17)24)31-23-9-6-18(26)11-22(23)25(27,28)29/h3-12,14,30-31H,13,15H2,1-2H3.